The van der Waals surface area contributed by atoms with Crippen LogP contribution in [0.25, 0.3) is 0 Å². The number of furan rings is 1. The van der Waals surface area contributed by atoms with E-state index in [1.807, 2.05) is 13.0 Å². The lowest BCUT2D eigenvalue weighted by molar-refractivity contribution is -0.115. The molecule has 0 aliphatic heterocycles. The minimum absolute atomic E-state index is 0.0849. The van der Waals surface area contributed by atoms with Crippen molar-refractivity contribution in [2.75, 3.05) is 26.0 Å². The fraction of sp³-hybridized carbons (Fsp3) is 0.312. The van der Waals surface area contributed by atoms with Gasteiger partial charge in [0.2, 0.25) is 15.9 Å². The molecule has 1 atom stereocenters. The molecule has 0 saturated carbocycles. The maximum Gasteiger partial charge on any atom is 0.242 e. The molecule has 24 heavy (non-hydrogen) atoms. The fourth-order valence-electron chi connectivity index (χ4n) is 2.01. The van der Waals surface area contributed by atoms with Gasteiger partial charge in [0.25, 0.3) is 0 Å². The summed E-state index contributed by atoms with van der Waals surface area (Å²) >= 11 is 0. The Bertz CT molecular complexity index is 768. The number of carbonyl (C=O) groups is 1. The highest BCUT2D eigenvalue weighted by atomic mass is 32.2. The molecule has 2 aromatic rings. The van der Waals surface area contributed by atoms with Crippen LogP contribution in [0.3, 0.4) is 0 Å². The lowest BCUT2D eigenvalue weighted by Gasteiger charge is -2.13. The third-order valence-electron chi connectivity index (χ3n) is 3.46. The molecular weight excluding hydrogens is 330 g/mol. The van der Waals surface area contributed by atoms with E-state index in [1.54, 1.807) is 24.5 Å². The largest absolute Gasteiger partial charge is 0.468 e. The highest BCUT2D eigenvalue weighted by Gasteiger charge is 2.17. The SMILES string of the molecule is C[C@@H](NCC(=O)Nc1ccc(S(=O)(=O)N(C)C)cc1)c1ccco1. The average Bonchev–Trinajstić information content (AvgIpc) is 3.07. The number of amides is 1. The summed E-state index contributed by atoms with van der Waals surface area (Å²) in [4.78, 5) is 12.1. The van der Waals surface area contributed by atoms with Gasteiger partial charge in [0.15, 0.2) is 0 Å². The Morgan fingerprint density at radius 2 is 1.88 bits per heavy atom. The molecule has 0 aliphatic rings. The van der Waals surface area contributed by atoms with Gasteiger partial charge in [-0.3, -0.25) is 10.1 Å². The van der Waals surface area contributed by atoms with E-state index >= 15 is 0 Å². The summed E-state index contributed by atoms with van der Waals surface area (Å²) in [5, 5.41) is 5.76. The minimum atomic E-state index is -3.47. The van der Waals surface area contributed by atoms with E-state index in [9.17, 15) is 13.2 Å². The molecule has 7 nitrogen and oxygen atoms in total. The monoisotopic (exact) mass is 351 g/mol. The second kappa shape index (κ2) is 7.61. The van der Waals surface area contributed by atoms with Gasteiger partial charge in [-0.25, -0.2) is 12.7 Å². The van der Waals surface area contributed by atoms with Crippen molar-refractivity contribution in [2.24, 2.45) is 0 Å². The van der Waals surface area contributed by atoms with Gasteiger partial charge in [-0.2, -0.15) is 0 Å². The highest BCUT2D eigenvalue weighted by Crippen LogP contribution is 2.16. The van der Waals surface area contributed by atoms with Crippen LogP contribution in [0.15, 0.2) is 52.0 Å². The zero-order valence-corrected chi connectivity index (χ0v) is 14.6. The van der Waals surface area contributed by atoms with Crippen LogP contribution in [0.1, 0.15) is 18.7 Å². The number of rotatable bonds is 7. The van der Waals surface area contributed by atoms with Gasteiger partial charge in [-0.15, -0.1) is 0 Å². The maximum atomic E-state index is 12.0. The molecule has 2 rings (SSSR count). The van der Waals surface area contributed by atoms with Crippen LogP contribution in [-0.4, -0.2) is 39.3 Å². The Balaban J connectivity index is 1.90. The van der Waals surface area contributed by atoms with Crippen molar-refractivity contribution in [3.63, 3.8) is 0 Å². The first-order valence-corrected chi connectivity index (χ1v) is 8.84. The molecular formula is C16H21N3O4S. The van der Waals surface area contributed by atoms with Gasteiger partial charge in [-0.05, 0) is 43.3 Å². The lowest BCUT2D eigenvalue weighted by Crippen LogP contribution is -2.30. The van der Waals surface area contributed by atoms with Crippen molar-refractivity contribution in [3.8, 4) is 0 Å². The summed E-state index contributed by atoms with van der Waals surface area (Å²) in [6, 6.07) is 9.58. The van der Waals surface area contributed by atoms with Crippen LogP contribution in [0.4, 0.5) is 5.69 Å². The molecule has 8 heteroatoms. The van der Waals surface area contributed by atoms with Gasteiger partial charge in [0.05, 0.1) is 23.7 Å². The zero-order valence-electron chi connectivity index (χ0n) is 13.8. The van der Waals surface area contributed by atoms with E-state index < -0.39 is 10.0 Å². The quantitative estimate of drug-likeness (QED) is 0.794. The fourth-order valence-corrected chi connectivity index (χ4v) is 2.91. The van der Waals surface area contributed by atoms with E-state index in [2.05, 4.69) is 10.6 Å². The van der Waals surface area contributed by atoms with Gasteiger partial charge in [0, 0.05) is 19.8 Å². The standard InChI is InChI=1S/C16H21N3O4S/c1-12(15-5-4-10-23-15)17-11-16(20)18-13-6-8-14(9-7-13)24(21,22)19(2)3/h4-10,12,17H,11H2,1-3H3,(H,18,20)/t12-/m1/s1. The van der Waals surface area contributed by atoms with Crippen molar-refractivity contribution < 1.29 is 17.6 Å². The number of nitrogens with one attached hydrogen (secondary N) is 2. The minimum Gasteiger partial charge on any atom is -0.468 e. The molecule has 130 valence electrons. The second-order valence-corrected chi connectivity index (χ2v) is 7.63. The Kier molecular flexibility index (Phi) is 5.76. The van der Waals surface area contributed by atoms with Crippen LogP contribution in [0.2, 0.25) is 0 Å². The topological polar surface area (TPSA) is 91.7 Å². The number of sulfonamides is 1. The van der Waals surface area contributed by atoms with Crippen LogP contribution in [0, 0.1) is 0 Å². The first-order chi connectivity index (χ1) is 11.3. The second-order valence-electron chi connectivity index (χ2n) is 5.48. The molecule has 1 heterocycles. The van der Waals surface area contributed by atoms with E-state index in [-0.39, 0.29) is 23.4 Å². The smallest absolute Gasteiger partial charge is 0.242 e. The number of hydrogen-bond donors (Lipinski definition) is 2. The maximum absolute atomic E-state index is 12.0. The van der Waals surface area contributed by atoms with E-state index in [0.29, 0.717) is 5.69 Å². The lowest BCUT2D eigenvalue weighted by atomic mass is 10.2. The molecule has 2 N–H and O–H groups in total. The summed E-state index contributed by atoms with van der Waals surface area (Å²) in [5.41, 5.74) is 0.533. The van der Waals surface area contributed by atoms with Crippen molar-refractivity contribution in [3.05, 3.63) is 48.4 Å². The predicted molar refractivity (Wildman–Crippen MR) is 91.1 cm³/mol. The third-order valence-corrected chi connectivity index (χ3v) is 5.28. The number of hydrogen-bond acceptors (Lipinski definition) is 5. The number of nitrogens with zero attached hydrogens (tertiary/aromatic N) is 1. The Labute approximate surface area is 141 Å². The Hall–Kier alpha value is -2.16. The molecule has 0 saturated heterocycles. The van der Waals surface area contributed by atoms with Crippen molar-refractivity contribution in [1.29, 1.82) is 0 Å². The summed E-state index contributed by atoms with van der Waals surface area (Å²) in [6.07, 6.45) is 1.58. The van der Waals surface area contributed by atoms with Crippen LogP contribution in [-0.2, 0) is 14.8 Å². The summed E-state index contributed by atoms with van der Waals surface area (Å²) in [5.74, 6) is 0.526. The van der Waals surface area contributed by atoms with Gasteiger partial charge in [-0.1, -0.05) is 0 Å². The number of benzene rings is 1. The Morgan fingerprint density at radius 3 is 2.42 bits per heavy atom. The van der Waals surface area contributed by atoms with Crippen LogP contribution in [0.5, 0.6) is 0 Å². The summed E-state index contributed by atoms with van der Waals surface area (Å²) in [6.45, 7) is 2.01. The van der Waals surface area contributed by atoms with Gasteiger partial charge < -0.3 is 9.73 Å². The van der Waals surface area contributed by atoms with Gasteiger partial charge >= 0.3 is 0 Å². The van der Waals surface area contributed by atoms with Crippen LogP contribution < -0.4 is 10.6 Å². The van der Waals surface area contributed by atoms with Gasteiger partial charge in [0.1, 0.15) is 5.76 Å². The zero-order chi connectivity index (χ0) is 17.7. The Morgan fingerprint density at radius 1 is 1.21 bits per heavy atom. The molecule has 1 aromatic heterocycles. The molecule has 0 unspecified atom stereocenters. The third kappa shape index (κ3) is 4.44. The molecule has 0 bridgehead atoms. The number of carbonyl (C=O) groups excluding carboxylic acids is 1. The highest BCUT2D eigenvalue weighted by molar-refractivity contribution is 7.89. The predicted octanol–water partition coefficient (Wildman–Crippen LogP) is 1.82. The molecule has 1 aromatic carbocycles. The molecule has 0 radical (unpaired) electrons. The molecule has 0 fully saturated rings. The normalized spacial score (nSPS) is 13.0. The first kappa shape index (κ1) is 18.2. The number of anilines is 1. The van der Waals surface area contributed by atoms with Crippen LogP contribution >= 0.6 is 0 Å². The first-order valence-electron chi connectivity index (χ1n) is 7.40. The van der Waals surface area contributed by atoms with E-state index in [4.69, 9.17) is 4.42 Å². The van der Waals surface area contributed by atoms with E-state index in [1.165, 1.54) is 26.2 Å². The molecule has 0 aliphatic carbocycles. The average molecular weight is 351 g/mol. The van der Waals surface area contributed by atoms with Crippen molar-refractivity contribution in [1.82, 2.24) is 9.62 Å². The van der Waals surface area contributed by atoms with Crippen molar-refractivity contribution in [2.45, 2.75) is 17.9 Å². The summed E-state index contributed by atoms with van der Waals surface area (Å²) in [7, 11) is -0.533. The van der Waals surface area contributed by atoms with E-state index in [0.717, 1.165) is 10.1 Å². The van der Waals surface area contributed by atoms with Crippen molar-refractivity contribution >= 4 is 21.6 Å². The molecule has 0 spiro atoms. The molecule has 1 amide bonds. The summed E-state index contributed by atoms with van der Waals surface area (Å²) < 4.78 is 30.3.